The fourth-order valence-corrected chi connectivity index (χ4v) is 2.24. The van der Waals surface area contributed by atoms with E-state index in [4.69, 9.17) is 4.18 Å². The molecule has 4 nitrogen and oxygen atoms in total. The molecule has 0 atom stereocenters. The van der Waals surface area contributed by atoms with E-state index >= 15 is 0 Å². The van der Waals surface area contributed by atoms with Gasteiger partial charge in [-0.25, -0.2) is 0 Å². The van der Waals surface area contributed by atoms with Crippen LogP contribution in [-0.2, 0) is 10.1 Å². The van der Waals surface area contributed by atoms with Gasteiger partial charge in [0.2, 0.25) is 0 Å². The van der Waals surface area contributed by atoms with Gasteiger partial charge in [-0.2, -0.15) is 12.8 Å². The minimum absolute atomic E-state index is 0.160. The summed E-state index contributed by atoms with van der Waals surface area (Å²) in [4.78, 5) is 0. The Kier molecular flexibility index (Phi) is 2.16. The molecule has 0 unspecified atom stereocenters. The molecular weight excluding hydrogens is 222 g/mol. The third-order valence-electron chi connectivity index (χ3n) is 1.57. The Bertz CT molecular complexity index is 559. The fraction of sp³-hybridized carbons (Fsp3) is 0.125. The summed E-state index contributed by atoms with van der Waals surface area (Å²) < 4.78 is 31.3. The van der Waals surface area contributed by atoms with Gasteiger partial charge in [-0.3, -0.25) is 0 Å². The van der Waals surface area contributed by atoms with Gasteiger partial charge < -0.3 is 4.18 Å². The van der Waals surface area contributed by atoms with Crippen molar-refractivity contribution in [2.45, 2.75) is 0 Å². The number of rotatable bonds is 2. The molecule has 1 aromatic heterocycles. The second-order valence-electron chi connectivity index (χ2n) is 2.77. The van der Waals surface area contributed by atoms with Crippen molar-refractivity contribution in [3.8, 4) is 5.88 Å². The highest BCUT2D eigenvalue weighted by Crippen LogP contribution is 2.28. The first-order valence-corrected chi connectivity index (χ1v) is 6.39. The molecule has 2 aromatic rings. The first-order valence-electron chi connectivity index (χ1n) is 3.80. The minimum atomic E-state index is -3.49. The zero-order valence-corrected chi connectivity index (χ0v) is 8.93. The highest BCUT2D eigenvalue weighted by molar-refractivity contribution is 7.86. The summed E-state index contributed by atoms with van der Waals surface area (Å²) in [6.45, 7) is 0. The zero-order valence-electron chi connectivity index (χ0n) is 7.30. The number of nitrogens with zero attached hydrogens (tertiary/aromatic N) is 1. The van der Waals surface area contributed by atoms with Crippen LogP contribution in [0.2, 0.25) is 0 Å². The fourth-order valence-electron chi connectivity index (χ4n) is 1.07. The highest BCUT2D eigenvalue weighted by Gasteiger charge is 2.11. The third kappa shape index (κ3) is 1.85. The van der Waals surface area contributed by atoms with Crippen molar-refractivity contribution < 1.29 is 12.6 Å². The van der Waals surface area contributed by atoms with Gasteiger partial charge in [-0.05, 0) is 23.7 Å². The average molecular weight is 229 g/mol. The maximum atomic E-state index is 10.9. The topological polar surface area (TPSA) is 56.3 Å². The summed E-state index contributed by atoms with van der Waals surface area (Å²) in [5.41, 5.74) is 0. The summed E-state index contributed by atoms with van der Waals surface area (Å²) in [7, 11) is -3.49. The van der Waals surface area contributed by atoms with Gasteiger partial charge in [0.15, 0.2) is 0 Å². The molecule has 0 aliphatic heterocycles. The minimum Gasteiger partial charge on any atom is -0.360 e. The number of aromatic nitrogens is 1. The van der Waals surface area contributed by atoms with E-state index in [2.05, 4.69) is 4.37 Å². The molecule has 0 N–H and O–H groups in total. The van der Waals surface area contributed by atoms with Crippen LogP contribution in [0, 0.1) is 0 Å². The summed E-state index contributed by atoms with van der Waals surface area (Å²) in [5, 5.41) is 0.725. The number of hydrogen-bond donors (Lipinski definition) is 0. The zero-order chi connectivity index (χ0) is 10.2. The van der Waals surface area contributed by atoms with Crippen LogP contribution >= 0.6 is 11.5 Å². The number of hydrogen-bond acceptors (Lipinski definition) is 5. The second-order valence-corrected chi connectivity index (χ2v) is 5.15. The normalized spacial score (nSPS) is 11.8. The molecule has 6 heteroatoms. The van der Waals surface area contributed by atoms with Gasteiger partial charge in [0.05, 0.1) is 16.3 Å². The predicted octanol–water partition coefficient (Wildman–Crippen LogP) is 1.63. The molecule has 0 bridgehead atoms. The smallest absolute Gasteiger partial charge is 0.307 e. The van der Waals surface area contributed by atoms with E-state index in [1.54, 1.807) is 6.07 Å². The summed E-state index contributed by atoms with van der Waals surface area (Å²) in [6, 6.07) is 7.32. The standard InChI is InChI=1S/C8H7NO3S2/c1-14(10,11)12-8-6-4-2-3-5-7(6)13-9-8/h2-5H,1H3. The van der Waals surface area contributed by atoms with Crippen LogP contribution in [0.15, 0.2) is 24.3 Å². The summed E-state index contributed by atoms with van der Waals surface area (Å²) >= 11 is 1.22. The molecule has 1 heterocycles. The van der Waals surface area contributed by atoms with Gasteiger partial charge in [-0.15, -0.1) is 0 Å². The molecule has 0 amide bonds. The Morgan fingerprint density at radius 1 is 1.36 bits per heavy atom. The first-order chi connectivity index (χ1) is 6.56. The highest BCUT2D eigenvalue weighted by atomic mass is 32.2. The quantitative estimate of drug-likeness (QED) is 0.734. The molecule has 0 aliphatic carbocycles. The third-order valence-corrected chi connectivity index (χ3v) is 2.85. The monoisotopic (exact) mass is 229 g/mol. The van der Waals surface area contributed by atoms with E-state index in [1.807, 2.05) is 18.2 Å². The SMILES string of the molecule is CS(=O)(=O)Oc1nsc2ccccc12. The molecule has 14 heavy (non-hydrogen) atoms. The van der Waals surface area contributed by atoms with Gasteiger partial charge in [0, 0.05) is 0 Å². The van der Waals surface area contributed by atoms with Crippen LogP contribution in [0.3, 0.4) is 0 Å². The Balaban J connectivity index is 2.54. The Hall–Kier alpha value is -1.14. The molecule has 0 aliphatic rings. The summed E-state index contributed by atoms with van der Waals surface area (Å²) in [5.74, 6) is 0.160. The number of fused-ring (bicyclic) bond motifs is 1. The van der Waals surface area contributed by atoms with Crippen molar-refractivity contribution in [3.05, 3.63) is 24.3 Å². The average Bonchev–Trinajstić information content (AvgIpc) is 2.47. The van der Waals surface area contributed by atoms with E-state index in [0.29, 0.717) is 0 Å². The van der Waals surface area contributed by atoms with Gasteiger partial charge in [-0.1, -0.05) is 12.1 Å². The molecule has 0 saturated heterocycles. The van der Waals surface area contributed by atoms with Crippen LogP contribution in [-0.4, -0.2) is 19.0 Å². The maximum Gasteiger partial charge on any atom is 0.307 e. The van der Waals surface area contributed by atoms with Gasteiger partial charge in [0.1, 0.15) is 0 Å². The van der Waals surface area contributed by atoms with Gasteiger partial charge in [0.25, 0.3) is 5.88 Å². The Morgan fingerprint density at radius 2 is 2.07 bits per heavy atom. The molecule has 1 aromatic carbocycles. The maximum absolute atomic E-state index is 10.9. The number of benzene rings is 1. The lowest BCUT2D eigenvalue weighted by Gasteiger charge is -1.97. The molecule has 74 valence electrons. The molecule has 0 spiro atoms. The van der Waals surface area contributed by atoms with E-state index < -0.39 is 10.1 Å². The molecule has 0 fully saturated rings. The lowest BCUT2D eigenvalue weighted by molar-refractivity contribution is 0.489. The van der Waals surface area contributed by atoms with E-state index in [-0.39, 0.29) is 5.88 Å². The molecule has 2 rings (SSSR count). The van der Waals surface area contributed by atoms with Crippen LogP contribution in [0.5, 0.6) is 5.88 Å². The van der Waals surface area contributed by atoms with Crippen molar-refractivity contribution >= 4 is 31.7 Å². The lowest BCUT2D eigenvalue weighted by atomic mass is 10.3. The van der Waals surface area contributed by atoms with Gasteiger partial charge >= 0.3 is 10.1 Å². The predicted molar refractivity (Wildman–Crippen MR) is 55.1 cm³/mol. The molecule has 0 radical (unpaired) electrons. The van der Waals surface area contributed by atoms with Crippen LogP contribution in [0.1, 0.15) is 0 Å². The van der Waals surface area contributed by atoms with Crippen LogP contribution in [0.25, 0.3) is 10.1 Å². The molecule has 0 saturated carbocycles. The lowest BCUT2D eigenvalue weighted by Crippen LogP contribution is -2.05. The van der Waals surface area contributed by atoms with E-state index in [0.717, 1.165) is 16.3 Å². The van der Waals surface area contributed by atoms with Crippen molar-refractivity contribution in [2.24, 2.45) is 0 Å². The van der Waals surface area contributed by atoms with Crippen molar-refractivity contribution in [1.82, 2.24) is 4.37 Å². The Morgan fingerprint density at radius 3 is 2.79 bits per heavy atom. The first kappa shape index (κ1) is 9.42. The van der Waals surface area contributed by atoms with E-state index in [1.165, 1.54) is 11.5 Å². The second kappa shape index (κ2) is 3.21. The van der Waals surface area contributed by atoms with Crippen LogP contribution < -0.4 is 4.18 Å². The van der Waals surface area contributed by atoms with Crippen LogP contribution in [0.4, 0.5) is 0 Å². The largest absolute Gasteiger partial charge is 0.360 e. The van der Waals surface area contributed by atoms with Crippen molar-refractivity contribution in [1.29, 1.82) is 0 Å². The molecular formula is C8H7NO3S2. The van der Waals surface area contributed by atoms with Crippen molar-refractivity contribution in [2.75, 3.05) is 6.26 Å². The summed E-state index contributed by atoms with van der Waals surface area (Å²) in [6.07, 6.45) is 1.00. The Labute approximate surface area is 85.4 Å². The van der Waals surface area contributed by atoms with Crippen molar-refractivity contribution in [3.63, 3.8) is 0 Å². The van der Waals surface area contributed by atoms with E-state index in [9.17, 15) is 8.42 Å².